The van der Waals surface area contributed by atoms with Gasteiger partial charge in [-0.05, 0) is 52.9 Å². The van der Waals surface area contributed by atoms with Gasteiger partial charge in [-0.3, -0.25) is 0 Å². The summed E-state index contributed by atoms with van der Waals surface area (Å²) >= 11 is 3.72. The molecule has 0 nitrogen and oxygen atoms in total. The molecule has 0 radical (unpaired) electrons. The summed E-state index contributed by atoms with van der Waals surface area (Å²) in [5.74, 6) is 0. The third kappa shape index (κ3) is 4.58. The van der Waals surface area contributed by atoms with Gasteiger partial charge in [-0.15, -0.1) is 0 Å². The van der Waals surface area contributed by atoms with E-state index in [1.807, 2.05) is 0 Å². The van der Waals surface area contributed by atoms with Gasteiger partial charge in [0, 0.05) is 4.47 Å². The summed E-state index contributed by atoms with van der Waals surface area (Å²) in [6, 6.07) is 28.0. The highest BCUT2D eigenvalue weighted by Crippen LogP contribution is 2.32. The largest absolute Gasteiger partial charge is 0.0610 e. The Labute approximate surface area is 181 Å². The van der Waals surface area contributed by atoms with E-state index in [2.05, 4.69) is 133 Å². The van der Waals surface area contributed by atoms with E-state index in [4.69, 9.17) is 0 Å². The van der Waals surface area contributed by atoms with E-state index in [9.17, 15) is 0 Å². The van der Waals surface area contributed by atoms with Gasteiger partial charge in [-0.25, -0.2) is 0 Å². The molecule has 0 N–H and O–H groups in total. The van der Waals surface area contributed by atoms with Crippen molar-refractivity contribution in [3.63, 3.8) is 0 Å². The smallest absolute Gasteiger partial charge is 0.0254 e. The van der Waals surface area contributed by atoms with Crippen molar-refractivity contribution in [2.24, 2.45) is 0 Å². The molecule has 0 saturated carbocycles. The minimum atomic E-state index is 1.12. The Morgan fingerprint density at radius 2 is 1.07 bits per heavy atom. The van der Waals surface area contributed by atoms with Crippen molar-refractivity contribution in [3.05, 3.63) is 117 Å². The zero-order valence-electron chi connectivity index (χ0n) is 16.7. The molecule has 142 valence electrons. The van der Waals surface area contributed by atoms with E-state index in [1.54, 1.807) is 0 Å². The molecule has 0 amide bonds. The van der Waals surface area contributed by atoms with Crippen LogP contribution in [0.1, 0.15) is 33.4 Å². The van der Waals surface area contributed by atoms with Gasteiger partial charge >= 0.3 is 0 Å². The molecule has 0 heterocycles. The van der Waals surface area contributed by atoms with Gasteiger partial charge < -0.3 is 0 Å². The van der Waals surface area contributed by atoms with Crippen LogP contribution in [0.5, 0.6) is 0 Å². The molecule has 0 bridgehead atoms. The molecule has 0 aliphatic carbocycles. The van der Waals surface area contributed by atoms with Gasteiger partial charge in [0.15, 0.2) is 0 Å². The molecule has 0 saturated heterocycles. The molecule has 0 spiro atoms. The summed E-state index contributed by atoms with van der Waals surface area (Å²) in [4.78, 5) is 0. The van der Waals surface area contributed by atoms with Crippen LogP contribution in [0.25, 0.3) is 35.1 Å². The first-order chi connectivity index (χ1) is 14.1. The van der Waals surface area contributed by atoms with Crippen molar-refractivity contribution < 1.29 is 0 Å². The van der Waals surface area contributed by atoms with Crippen molar-refractivity contribution in [2.45, 2.75) is 13.8 Å². The zero-order chi connectivity index (χ0) is 20.2. The third-order valence-corrected chi connectivity index (χ3v) is 5.81. The molecule has 29 heavy (non-hydrogen) atoms. The summed E-state index contributed by atoms with van der Waals surface area (Å²) < 4.78 is 1.12. The maximum Gasteiger partial charge on any atom is 0.0254 e. The predicted molar refractivity (Wildman–Crippen MR) is 132 cm³/mol. The van der Waals surface area contributed by atoms with Crippen LogP contribution in [0.3, 0.4) is 0 Å². The van der Waals surface area contributed by atoms with E-state index < -0.39 is 0 Å². The van der Waals surface area contributed by atoms with Crippen LogP contribution in [0.4, 0.5) is 0 Å². The van der Waals surface area contributed by atoms with Gasteiger partial charge in [0.25, 0.3) is 0 Å². The molecule has 4 rings (SSSR count). The van der Waals surface area contributed by atoms with E-state index in [0.29, 0.717) is 0 Å². The van der Waals surface area contributed by atoms with Crippen LogP contribution >= 0.6 is 15.9 Å². The topological polar surface area (TPSA) is 0 Å². The number of benzene rings is 4. The molecule has 4 aromatic carbocycles. The second kappa shape index (κ2) is 8.63. The van der Waals surface area contributed by atoms with Crippen LogP contribution in [0.15, 0.2) is 83.3 Å². The SMILES string of the molecule is Cc1ccc(C=Cc2cccc3c(Br)ccc(C=Cc4ccc(C)cc4)c23)cc1. The number of hydrogen-bond donors (Lipinski definition) is 0. The van der Waals surface area contributed by atoms with Gasteiger partial charge in [0.05, 0.1) is 0 Å². The fourth-order valence-corrected chi connectivity index (χ4v) is 3.89. The van der Waals surface area contributed by atoms with Crippen molar-refractivity contribution in [1.29, 1.82) is 0 Å². The van der Waals surface area contributed by atoms with Gasteiger partial charge in [0.2, 0.25) is 0 Å². The van der Waals surface area contributed by atoms with Crippen molar-refractivity contribution in [3.8, 4) is 0 Å². The molecule has 0 unspecified atom stereocenters. The number of hydrogen-bond acceptors (Lipinski definition) is 0. The lowest BCUT2D eigenvalue weighted by atomic mass is 9.97. The summed E-state index contributed by atoms with van der Waals surface area (Å²) in [6.45, 7) is 4.23. The first-order valence-corrected chi connectivity index (χ1v) is 10.6. The third-order valence-electron chi connectivity index (χ3n) is 5.12. The van der Waals surface area contributed by atoms with Crippen LogP contribution in [0, 0.1) is 13.8 Å². The van der Waals surface area contributed by atoms with Crippen LogP contribution in [-0.2, 0) is 0 Å². The molecule has 0 aliphatic rings. The minimum absolute atomic E-state index is 1.12. The maximum absolute atomic E-state index is 3.72. The van der Waals surface area contributed by atoms with Crippen molar-refractivity contribution >= 4 is 51.0 Å². The normalized spacial score (nSPS) is 11.7. The molecule has 0 atom stereocenters. The highest BCUT2D eigenvalue weighted by Gasteiger charge is 2.06. The van der Waals surface area contributed by atoms with Crippen LogP contribution in [0.2, 0.25) is 0 Å². The summed E-state index contributed by atoms with van der Waals surface area (Å²) in [5.41, 5.74) is 7.40. The summed E-state index contributed by atoms with van der Waals surface area (Å²) in [7, 11) is 0. The van der Waals surface area contributed by atoms with E-state index in [-0.39, 0.29) is 0 Å². The van der Waals surface area contributed by atoms with Crippen molar-refractivity contribution in [1.82, 2.24) is 0 Å². The quantitative estimate of drug-likeness (QED) is 0.280. The Hall–Kier alpha value is -2.90. The zero-order valence-corrected chi connectivity index (χ0v) is 18.3. The number of aryl methyl sites for hydroxylation is 2. The first-order valence-electron chi connectivity index (χ1n) is 9.81. The minimum Gasteiger partial charge on any atom is -0.0610 e. The average molecular weight is 439 g/mol. The summed E-state index contributed by atoms with van der Waals surface area (Å²) in [5, 5.41) is 2.48. The number of halogens is 1. The molecular weight excluding hydrogens is 416 g/mol. The molecule has 1 heteroatoms. The molecular formula is C28H23Br. The van der Waals surface area contributed by atoms with E-state index >= 15 is 0 Å². The fraction of sp³-hybridized carbons (Fsp3) is 0.0714. The Kier molecular flexibility index (Phi) is 5.78. The number of fused-ring (bicyclic) bond motifs is 1. The van der Waals surface area contributed by atoms with E-state index in [1.165, 1.54) is 44.2 Å². The van der Waals surface area contributed by atoms with Gasteiger partial charge in [0.1, 0.15) is 0 Å². The van der Waals surface area contributed by atoms with Crippen LogP contribution in [-0.4, -0.2) is 0 Å². The lowest BCUT2D eigenvalue weighted by Gasteiger charge is -2.09. The maximum atomic E-state index is 3.72. The highest BCUT2D eigenvalue weighted by molar-refractivity contribution is 9.10. The van der Waals surface area contributed by atoms with Gasteiger partial charge in [-0.2, -0.15) is 0 Å². The van der Waals surface area contributed by atoms with Gasteiger partial charge in [-0.1, -0.05) is 124 Å². The highest BCUT2D eigenvalue weighted by atomic mass is 79.9. The van der Waals surface area contributed by atoms with E-state index in [0.717, 1.165) is 4.47 Å². The first kappa shape index (κ1) is 19.4. The Morgan fingerprint density at radius 3 is 1.62 bits per heavy atom. The van der Waals surface area contributed by atoms with Crippen LogP contribution < -0.4 is 0 Å². The molecule has 4 aromatic rings. The molecule has 0 aliphatic heterocycles. The average Bonchev–Trinajstić information content (AvgIpc) is 2.74. The lowest BCUT2D eigenvalue weighted by molar-refractivity contribution is 1.46. The second-order valence-electron chi connectivity index (χ2n) is 7.39. The fourth-order valence-electron chi connectivity index (χ4n) is 3.43. The number of rotatable bonds is 4. The van der Waals surface area contributed by atoms with Crippen molar-refractivity contribution in [2.75, 3.05) is 0 Å². The Morgan fingerprint density at radius 1 is 0.552 bits per heavy atom. The standard InChI is InChI=1S/C28H23Br/c1-20-6-10-22(11-7-20)14-16-24-4-3-5-26-27(29)19-18-25(28(24)26)17-15-23-12-8-21(2)9-13-23/h3-19H,1-2H3. The second-order valence-corrected chi connectivity index (χ2v) is 8.25. The summed E-state index contributed by atoms with van der Waals surface area (Å²) in [6.07, 6.45) is 8.79. The molecule has 0 fully saturated rings. The predicted octanol–water partition coefficient (Wildman–Crippen LogP) is 8.56. The monoisotopic (exact) mass is 438 g/mol. The Balaban J connectivity index is 1.77. The molecule has 0 aromatic heterocycles. The Bertz CT molecular complexity index is 1130. The lowest BCUT2D eigenvalue weighted by Crippen LogP contribution is -1.85.